The van der Waals surface area contributed by atoms with E-state index < -0.39 is 0 Å². The molecule has 2 rings (SSSR count). The molecule has 1 heterocycles. The van der Waals surface area contributed by atoms with Crippen LogP contribution in [-0.4, -0.2) is 19.0 Å². The molecule has 1 saturated carbocycles. The number of nitrogens with one attached hydrogen (secondary N) is 2. The first-order valence-electron chi connectivity index (χ1n) is 7.20. The molecule has 1 aliphatic rings. The van der Waals surface area contributed by atoms with E-state index in [4.69, 9.17) is 4.42 Å². The van der Waals surface area contributed by atoms with Crippen molar-refractivity contribution < 1.29 is 4.42 Å². The fourth-order valence-corrected chi connectivity index (χ4v) is 2.42. The van der Waals surface area contributed by atoms with Crippen LogP contribution in [0, 0.1) is 12.8 Å². The molecular formula is C15H25N3O. The average molecular weight is 263 g/mol. The highest BCUT2D eigenvalue weighted by Gasteiger charge is 2.36. The van der Waals surface area contributed by atoms with E-state index in [-0.39, 0.29) is 6.04 Å². The van der Waals surface area contributed by atoms with Gasteiger partial charge in [-0.05, 0) is 44.7 Å². The zero-order valence-corrected chi connectivity index (χ0v) is 12.4. The zero-order valence-electron chi connectivity index (χ0n) is 12.4. The zero-order chi connectivity index (χ0) is 13.8. The normalized spacial score (nSPS) is 24.1. The van der Waals surface area contributed by atoms with Crippen molar-refractivity contribution in [1.29, 1.82) is 0 Å². The smallest absolute Gasteiger partial charge is 0.191 e. The van der Waals surface area contributed by atoms with Crippen molar-refractivity contribution in [3.8, 4) is 0 Å². The van der Waals surface area contributed by atoms with Gasteiger partial charge in [0, 0.05) is 13.1 Å². The van der Waals surface area contributed by atoms with E-state index in [0.29, 0.717) is 6.04 Å². The van der Waals surface area contributed by atoms with Gasteiger partial charge in [0.25, 0.3) is 0 Å². The topological polar surface area (TPSA) is 49.6 Å². The Morgan fingerprint density at radius 3 is 2.89 bits per heavy atom. The number of hydrogen-bond donors (Lipinski definition) is 2. The van der Waals surface area contributed by atoms with Gasteiger partial charge in [0.05, 0.1) is 6.04 Å². The maximum Gasteiger partial charge on any atom is 0.191 e. The maximum absolute atomic E-state index is 5.63. The van der Waals surface area contributed by atoms with Gasteiger partial charge in [0.1, 0.15) is 11.5 Å². The molecule has 0 spiro atoms. The standard InChI is InChI=1S/C15H25N3O/c1-5-6-12-9-13(12)18-15(16-4)17-11(3)14-8-7-10(2)19-14/h7-8,11-13H,5-6,9H2,1-4H3,(H2,16,17,18). The van der Waals surface area contributed by atoms with Gasteiger partial charge in [0.2, 0.25) is 0 Å². The molecule has 1 aromatic heterocycles. The van der Waals surface area contributed by atoms with E-state index in [2.05, 4.69) is 29.5 Å². The fourth-order valence-electron chi connectivity index (χ4n) is 2.42. The first kappa shape index (κ1) is 14.0. The molecular weight excluding hydrogens is 238 g/mol. The number of aryl methyl sites for hydroxylation is 1. The quantitative estimate of drug-likeness (QED) is 0.634. The van der Waals surface area contributed by atoms with E-state index in [1.807, 2.05) is 26.1 Å². The van der Waals surface area contributed by atoms with Gasteiger partial charge in [-0.1, -0.05) is 13.3 Å². The molecule has 0 amide bonds. The molecule has 3 atom stereocenters. The first-order valence-corrected chi connectivity index (χ1v) is 7.20. The third-order valence-corrected chi connectivity index (χ3v) is 3.67. The van der Waals surface area contributed by atoms with Gasteiger partial charge in [-0.2, -0.15) is 0 Å². The third-order valence-electron chi connectivity index (χ3n) is 3.67. The number of guanidine groups is 1. The summed E-state index contributed by atoms with van der Waals surface area (Å²) in [4.78, 5) is 4.29. The summed E-state index contributed by atoms with van der Waals surface area (Å²) in [5.74, 6) is 3.58. The molecule has 1 aliphatic carbocycles. The maximum atomic E-state index is 5.63. The van der Waals surface area contributed by atoms with Crippen LogP contribution < -0.4 is 10.6 Å². The molecule has 0 aliphatic heterocycles. The average Bonchev–Trinajstić information content (AvgIpc) is 2.95. The Labute approximate surface area is 115 Å². The summed E-state index contributed by atoms with van der Waals surface area (Å²) in [5.41, 5.74) is 0. The summed E-state index contributed by atoms with van der Waals surface area (Å²) in [6, 6.07) is 4.72. The summed E-state index contributed by atoms with van der Waals surface area (Å²) in [7, 11) is 1.81. The van der Waals surface area contributed by atoms with Crippen molar-refractivity contribution in [2.45, 2.75) is 52.1 Å². The van der Waals surface area contributed by atoms with Crippen molar-refractivity contribution in [2.75, 3.05) is 7.05 Å². The number of furan rings is 1. The highest BCUT2D eigenvalue weighted by molar-refractivity contribution is 5.80. The van der Waals surface area contributed by atoms with Crippen molar-refractivity contribution in [3.05, 3.63) is 23.7 Å². The van der Waals surface area contributed by atoms with Crippen LogP contribution in [0.2, 0.25) is 0 Å². The minimum Gasteiger partial charge on any atom is -0.464 e. The SMILES string of the molecule is CCCC1CC1NC(=NC)NC(C)c1ccc(C)o1. The Hall–Kier alpha value is -1.45. The Bertz CT molecular complexity index is 438. The summed E-state index contributed by atoms with van der Waals surface area (Å²) < 4.78 is 5.63. The van der Waals surface area contributed by atoms with Crippen LogP contribution in [0.15, 0.2) is 21.5 Å². The van der Waals surface area contributed by atoms with Gasteiger partial charge in [-0.3, -0.25) is 4.99 Å². The molecule has 3 unspecified atom stereocenters. The molecule has 2 N–H and O–H groups in total. The van der Waals surface area contributed by atoms with Crippen LogP contribution in [0.3, 0.4) is 0 Å². The van der Waals surface area contributed by atoms with Gasteiger partial charge >= 0.3 is 0 Å². The highest BCUT2D eigenvalue weighted by atomic mass is 16.3. The van der Waals surface area contributed by atoms with E-state index in [1.54, 1.807) is 0 Å². The van der Waals surface area contributed by atoms with Crippen LogP contribution in [0.5, 0.6) is 0 Å². The predicted molar refractivity (Wildman–Crippen MR) is 78.3 cm³/mol. The second kappa shape index (κ2) is 6.13. The van der Waals surface area contributed by atoms with Crippen LogP contribution >= 0.6 is 0 Å². The molecule has 4 heteroatoms. The Morgan fingerprint density at radius 2 is 2.32 bits per heavy atom. The lowest BCUT2D eigenvalue weighted by molar-refractivity contribution is 0.441. The minimum absolute atomic E-state index is 0.128. The molecule has 106 valence electrons. The van der Waals surface area contributed by atoms with Crippen LogP contribution in [0.1, 0.15) is 50.7 Å². The number of aliphatic imine (C=N–C) groups is 1. The predicted octanol–water partition coefficient (Wildman–Crippen LogP) is 3.00. The molecule has 19 heavy (non-hydrogen) atoms. The van der Waals surface area contributed by atoms with E-state index in [0.717, 1.165) is 23.4 Å². The van der Waals surface area contributed by atoms with Crippen molar-refractivity contribution in [3.63, 3.8) is 0 Å². The summed E-state index contributed by atoms with van der Waals surface area (Å²) in [6.07, 6.45) is 3.83. The van der Waals surface area contributed by atoms with Crippen LogP contribution in [-0.2, 0) is 0 Å². The fraction of sp³-hybridized carbons (Fsp3) is 0.667. The number of nitrogens with zero attached hydrogens (tertiary/aromatic N) is 1. The van der Waals surface area contributed by atoms with Gasteiger partial charge < -0.3 is 15.1 Å². The minimum atomic E-state index is 0.128. The molecule has 0 aromatic carbocycles. The van der Waals surface area contributed by atoms with Crippen LogP contribution in [0.4, 0.5) is 0 Å². The third kappa shape index (κ3) is 3.75. The van der Waals surface area contributed by atoms with Gasteiger partial charge in [-0.25, -0.2) is 0 Å². The lowest BCUT2D eigenvalue weighted by Crippen LogP contribution is -2.40. The largest absolute Gasteiger partial charge is 0.464 e. The first-order chi connectivity index (χ1) is 9.13. The monoisotopic (exact) mass is 263 g/mol. The van der Waals surface area contributed by atoms with E-state index >= 15 is 0 Å². The van der Waals surface area contributed by atoms with Crippen molar-refractivity contribution in [2.24, 2.45) is 10.9 Å². The second-order valence-corrected chi connectivity index (χ2v) is 5.42. The molecule has 4 nitrogen and oxygen atoms in total. The molecule has 1 aromatic rings. The number of rotatable bonds is 5. The lowest BCUT2D eigenvalue weighted by Gasteiger charge is -2.16. The second-order valence-electron chi connectivity index (χ2n) is 5.42. The lowest BCUT2D eigenvalue weighted by atomic mass is 10.2. The Morgan fingerprint density at radius 1 is 1.53 bits per heavy atom. The molecule has 0 saturated heterocycles. The van der Waals surface area contributed by atoms with Crippen LogP contribution in [0.25, 0.3) is 0 Å². The van der Waals surface area contributed by atoms with Crippen molar-refractivity contribution >= 4 is 5.96 Å². The molecule has 0 radical (unpaired) electrons. The van der Waals surface area contributed by atoms with Gasteiger partial charge in [-0.15, -0.1) is 0 Å². The summed E-state index contributed by atoms with van der Waals surface area (Å²) in [6.45, 7) is 6.29. The molecule has 0 bridgehead atoms. The number of hydrogen-bond acceptors (Lipinski definition) is 2. The van der Waals surface area contributed by atoms with E-state index in [1.165, 1.54) is 19.3 Å². The highest BCUT2D eigenvalue weighted by Crippen LogP contribution is 2.34. The summed E-state index contributed by atoms with van der Waals surface area (Å²) >= 11 is 0. The Balaban J connectivity index is 1.83. The van der Waals surface area contributed by atoms with Gasteiger partial charge in [0.15, 0.2) is 5.96 Å². The Kier molecular flexibility index (Phi) is 4.51. The molecule has 1 fully saturated rings. The summed E-state index contributed by atoms with van der Waals surface area (Å²) in [5, 5.41) is 6.86. The van der Waals surface area contributed by atoms with E-state index in [9.17, 15) is 0 Å². The van der Waals surface area contributed by atoms with Crippen molar-refractivity contribution in [1.82, 2.24) is 10.6 Å².